The number of benzene rings is 1. The summed E-state index contributed by atoms with van der Waals surface area (Å²) < 4.78 is 5.37. The normalized spacial score (nSPS) is 11.9. The molecule has 3 nitrogen and oxygen atoms in total. The van der Waals surface area contributed by atoms with E-state index in [-0.39, 0.29) is 18.6 Å². The van der Waals surface area contributed by atoms with E-state index in [1.807, 2.05) is 24.4 Å². The average Bonchev–Trinajstić information content (AvgIpc) is 2.92. The monoisotopic (exact) mass is 295 g/mol. The van der Waals surface area contributed by atoms with Gasteiger partial charge in [-0.3, -0.25) is 4.79 Å². The summed E-state index contributed by atoms with van der Waals surface area (Å²) in [5, 5.41) is 5.51. The molecule has 100 valence electrons. The third-order valence-electron chi connectivity index (χ3n) is 2.53. The fourth-order valence-corrected chi connectivity index (χ4v) is 2.43. The van der Waals surface area contributed by atoms with Crippen LogP contribution in [0.4, 0.5) is 0 Å². The topological polar surface area (TPSA) is 38.3 Å². The third-order valence-corrected chi connectivity index (χ3v) is 3.84. The highest BCUT2D eigenvalue weighted by Crippen LogP contribution is 2.18. The summed E-state index contributed by atoms with van der Waals surface area (Å²) in [5.41, 5.74) is 0. The largest absolute Gasteiger partial charge is 0.484 e. The summed E-state index contributed by atoms with van der Waals surface area (Å²) in [6, 6.07) is 10.9. The van der Waals surface area contributed by atoms with Gasteiger partial charge in [-0.1, -0.05) is 17.7 Å². The predicted octanol–water partition coefficient (Wildman–Crippen LogP) is 3.66. The van der Waals surface area contributed by atoms with Gasteiger partial charge < -0.3 is 10.1 Å². The summed E-state index contributed by atoms with van der Waals surface area (Å²) in [6.07, 6.45) is 0. The summed E-state index contributed by atoms with van der Waals surface area (Å²) in [6.45, 7) is 1.95. The van der Waals surface area contributed by atoms with E-state index in [4.69, 9.17) is 16.3 Å². The van der Waals surface area contributed by atoms with Crippen molar-refractivity contribution in [3.8, 4) is 5.75 Å². The van der Waals surface area contributed by atoms with E-state index >= 15 is 0 Å². The van der Waals surface area contributed by atoms with E-state index in [9.17, 15) is 4.79 Å². The quantitative estimate of drug-likeness (QED) is 0.914. The number of hydrogen-bond acceptors (Lipinski definition) is 3. The van der Waals surface area contributed by atoms with Crippen LogP contribution in [0.5, 0.6) is 5.75 Å². The van der Waals surface area contributed by atoms with Gasteiger partial charge in [-0.05, 0) is 42.6 Å². The Hall–Kier alpha value is -1.52. The Balaban J connectivity index is 1.80. The van der Waals surface area contributed by atoms with Crippen LogP contribution >= 0.6 is 22.9 Å². The number of amides is 1. The van der Waals surface area contributed by atoms with Gasteiger partial charge in [0.25, 0.3) is 5.91 Å². The number of hydrogen-bond donors (Lipinski definition) is 1. The molecule has 0 bridgehead atoms. The van der Waals surface area contributed by atoms with E-state index < -0.39 is 0 Å². The number of carbonyl (C=O) groups is 1. The van der Waals surface area contributed by atoms with Gasteiger partial charge >= 0.3 is 0 Å². The van der Waals surface area contributed by atoms with Gasteiger partial charge in [0.05, 0.1) is 6.04 Å². The highest BCUT2D eigenvalue weighted by molar-refractivity contribution is 7.10. The molecular formula is C14H14ClNO2S. The Bertz CT molecular complexity index is 525. The zero-order valence-electron chi connectivity index (χ0n) is 10.4. The Morgan fingerprint density at radius 1 is 1.37 bits per heavy atom. The number of thiophene rings is 1. The second-order valence-corrected chi connectivity index (χ2v) is 5.46. The van der Waals surface area contributed by atoms with Crippen LogP contribution in [0.1, 0.15) is 17.8 Å². The van der Waals surface area contributed by atoms with E-state index in [0.29, 0.717) is 10.8 Å². The Labute approximate surface area is 121 Å². The molecule has 1 N–H and O–H groups in total. The van der Waals surface area contributed by atoms with E-state index in [1.165, 1.54) is 0 Å². The van der Waals surface area contributed by atoms with Crippen molar-refractivity contribution in [1.29, 1.82) is 0 Å². The molecule has 0 aliphatic carbocycles. The molecule has 0 spiro atoms. The Morgan fingerprint density at radius 3 is 2.74 bits per heavy atom. The maximum Gasteiger partial charge on any atom is 0.258 e. The van der Waals surface area contributed by atoms with Crippen molar-refractivity contribution in [1.82, 2.24) is 5.32 Å². The first-order valence-corrected chi connectivity index (χ1v) is 7.12. The van der Waals surface area contributed by atoms with Crippen LogP contribution in [-0.2, 0) is 4.79 Å². The lowest BCUT2D eigenvalue weighted by Crippen LogP contribution is -2.30. The molecule has 0 saturated heterocycles. The Kier molecular flexibility index (Phi) is 4.82. The lowest BCUT2D eigenvalue weighted by molar-refractivity contribution is -0.123. The smallest absolute Gasteiger partial charge is 0.258 e. The van der Waals surface area contributed by atoms with Crippen LogP contribution in [0.3, 0.4) is 0 Å². The molecule has 2 rings (SSSR count). The summed E-state index contributed by atoms with van der Waals surface area (Å²) in [4.78, 5) is 12.9. The molecule has 0 unspecified atom stereocenters. The van der Waals surface area contributed by atoms with Gasteiger partial charge in [0.1, 0.15) is 5.75 Å². The van der Waals surface area contributed by atoms with Crippen LogP contribution in [0, 0.1) is 0 Å². The number of rotatable bonds is 5. The van der Waals surface area contributed by atoms with Crippen molar-refractivity contribution in [3.05, 3.63) is 51.7 Å². The summed E-state index contributed by atoms with van der Waals surface area (Å²) >= 11 is 7.39. The minimum Gasteiger partial charge on any atom is -0.484 e. The fourth-order valence-electron chi connectivity index (χ4n) is 1.57. The summed E-state index contributed by atoms with van der Waals surface area (Å²) in [7, 11) is 0. The van der Waals surface area contributed by atoms with Gasteiger partial charge in [0, 0.05) is 9.90 Å². The maximum absolute atomic E-state index is 11.7. The van der Waals surface area contributed by atoms with Gasteiger partial charge in [-0.15, -0.1) is 11.3 Å². The fraction of sp³-hybridized carbons (Fsp3) is 0.214. The molecular weight excluding hydrogens is 282 g/mol. The second-order valence-electron chi connectivity index (χ2n) is 4.05. The van der Waals surface area contributed by atoms with E-state index in [1.54, 1.807) is 35.6 Å². The van der Waals surface area contributed by atoms with E-state index in [2.05, 4.69) is 5.32 Å². The molecule has 0 aliphatic rings. The lowest BCUT2D eigenvalue weighted by atomic mass is 10.3. The van der Waals surface area contributed by atoms with Crippen molar-refractivity contribution in [2.45, 2.75) is 13.0 Å². The minimum atomic E-state index is -0.143. The first-order valence-electron chi connectivity index (χ1n) is 5.86. The molecule has 0 fully saturated rings. The maximum atomic E-state index is 11.7. The van der Waals surface area contributed by atoms with Crippen molar-refractivity contribution in [2.24, 2.45) is 0 Å². The zero-order valence-corrected chi connectivity index (χ0v) is 12.0. The highest BCUT2D eigenvalue weighted by Gasteiger charge is 2.10. The lowest BCUT2D eigenvalue weighted by Gasteiger charge is -2.12. The van der Waals surface area contributed by atoms with Crippen LogP contribution in [-0.4, -0.2) is 12.5 Å². The second kappa shape index (κ2) is 6.59. The van der Waals surface area contributed by atoms with Crippen LogP contribution < -0.4 is 10.1 Å². The standard InChI is InChI=1S/C14H14ClNO2S/c1-10(13-3-2-8-19-13)16-14(17)9-18-12-6-4-11(15)5-7-12/h2-8,10H,9H2,1H3,(H,16,17)/t10-/m1/s1. The molecule has 2 aromatic rings. The molecule has 19 heavy (non-hydrogen) atoms. The SMILES string of the molecule is C[C@@H](NC(=O)COc1ccc(Cl)cc1)c1cccs1. The molecule has 1 aromatic carbocycles. The number of nitrogens with one attached hydrogen (secondary N) is 1. The molecule has 1 amide bonds. The van der Waals surface area contributed by atoms with Gasteiger partial charge in [-0.2, -0.15) is 0 Å². The van der Waals surface area contributed by atoms with Gasteiger partial charge in [-0.25, -0.2) is 0 Å². The van der Waals surface area contributed by atoms with Gasteiger partial charge in [0.2, 0.25) is 0 Å². The third kappa shape index (κ3) is 4.26. The molecule has 1 aromatic heterocycles. The zero-order chi connectivity index (χ0) is 13.7. The van der Waals surface area contributed by atoms with Crippen LogP contribution in [0.2, 0.25) is 5.02 Å². The molecule has 0 saturated carbocycles. The first-order chi connectivity index (χ1) is 9.15. The van der Waals surface area contributed by atoms with Crippen molar-refractivity contribution < 1.29 is 9.53 Å². The predicted molar refractivity (Wildman–Crippen MR) is 77.8 cm³/mol. The number of carbonyl (C=O) groups excluding carboxylic acids is 1. The van der Waals surface area contributed by atoms with E-state index in [0.717, 1.165) is 4.88 Å². The molecule has 0 radical (unpaired) electrons. The van der Waals surface area contributed by atoms with Crippen LogP contribution in [0.25, 0.3) is 0 Å². The number of halogens is 1. The highest BCUT2D eigenvalue weighted by atomic mass is 35.5. The molecule has 5 heteroatoms. The molecule has 1 atom stereocenters. The van der Waals surface area contributed by atoms with Crippen molar-refractivity contribution >= 4 is 28.8 Å². The Morgan fingerprint density at radius 2 is 2.11 bits per heavy atom. The molecule has 0 aliphatic heterocycles. The number of ether oxygens (including phenoxy) is 1. The summed E-state index contributed by atoms with van der Waals surface area (Å²) in [5.74, 6) is 0.485. The average molecular weight is 296 g/mol. The first kappa shape index (κ1) is 13.9. The van der Waals surface area contributed by atoms with Gasteiger partial charge in [0.15, 0.2) is 6.61 Å². The minimum absolute atomic E-state index is 0.00122. The van der Waals surface area contributed by atoms with Crippen molar-refractivity contribution in [2.75, 3.05) is 6.61 Å². The molecule has 1 heterocycles. The van der Waals surface area contributed by atoms with Crippen molar-refractivity contribution in [3.63, 3.8) is 0 Å². The van der Waals surface area contributed by atoms with Crippen LogP contribution in [0.15, 0.2) is 41.8 Å².